The molecule has 0 fully saturated rings. The fraction of sp³-hybridized carbons (Fsp3) is 0. The van der Waals surface area contributed by atoms with E-state index in [4.69, 9.17) is 10.8 Å². The van der Waals surface area contributed by atoms with E-state index in [1.54, 1.807) is 12.3 Å². The van der Waals surface area contributed by atoms with E-state index in [0.717, 1.165) is 0 Å². The number of nitrogens with two attached hydrogens (primary N) is 1. The lowest BCUT2D eigenvalue weighted by molar-refractivity contribution is 0.0692. The second-order valence-electron chi connectivity index (χ2n) is 2.90. The molecule has 5 heteroatoms. The molecule has 14 heavy (non-hydrogen) atoms. The number of aromatic nitrogens is 1. The second kappa shape index (κ2) is 2.73. The van der Waals surface area contributed by atoms with E-state index in [2.05, 4.69) is 4.98 Å². The highest BCUT2D eigenvalue weighted by atomic mass is 19.1. The molecule has 1 heterocycles. The number of H-pyrrole nitrogens is 1. The summed E-state index contributed by atoms with van der Waals surface area (Å²) < 4.78 is 13.3. The minimum absolute atomic E-state index is 0.162. The van der Waals surface area contributed by atoms with Crippen LogP contribution in [0.15, 0.2) is 18.3 Å². The smallest absolute Gasteiger partial charge is 0.338 e. The van der Waals surface area contributed by atoms with Gasteiger partial charge >= 0.3 is 5.97 Å². The fourth-order valence-electron chi connectivity index (χ4n) is 1.36. The maximum atomic E-state index is 13.3. The molecule has 0 saturated carbocycles. The highest BCUT2D eigenvalue weighted by Crippen LogP contribution is 2.25. The predicted octanol–water partition coefficient (Wildman–Crippen LogP) is 1.59. The van der Waals surface area contributed by atoms with Gasteiger partial charge in [0, 0.05) is 11.6 Å². The lowest BCUT2D eigenvalue weighted by atomic mass is 10.1. The summed E-state index contributed by atoms with van der Waals surface area (Å²) in [6, 6.07) is 2.89. The van der Waals surface area contributed by atoms with Crippen molar-refractivity contribution in [2.24, 2.45) is 0 Å². The highest BCUT2D eigenvalue weighted by Gasteiger charge is 2.16. The van der Waals surface area contributed by atoms with Gasteiger partial charge in [0.15, 0.2) is 5.82 Å². The first kappa shape index (κ1) is 8.55. The predicted molar refractivity (Wildman–Crippen MR) is 49.6 cm³/mol. The molecule has 0 saturated heterocycles. The monoisotopic (exact) mass is 194 g/mol. The molecule has 0 spiro atoms. The molecule has 0 aliphatic heterocycles. The lowest BCUT2D eigenvalue weighted by Gasteiger charge is -2.02. The van der Waals surface area contributed by atoms with E-state index < -0.39 is 17.3 Å². The summed E-state index contributed by atoms with van der Waals surface area (Å²) in [4.78, 5) is 13.4. The highest BCUT2D eigenvalue weighted by molar-refractivity contribution is 5.99. The van der Waals surface area contributed by atoms with E-state index in [0.29, 0.717) is 10.9 Å². The van der Waals surface area contributed by atoms with Crippen LogP contribution in [-0.2, 0) is 0 Å². The fourth-order valence-corrected chi connectivity index (χ4v) is 1.36. The van der Waals surface area contributed by atoms with Gasteiger partial charge < -0.3 is 15.8 Å². The van der Waals surface area contributed by atoms with Crippen LogP contribution < -0.4 is 5.73 Å². The van der Waals surface area contributed by atoms with Gasteiger partial charge in [-0.05, 0) is 12.1 Å². The molecule has 0 atom stereocenters. The van der Waals surface area contributed by atoms with E-state index in [1.807, 2.05) is 0 Å². The van der Waals surface area contributed by atoms with Crippen LogP contribution in [0.25, 0.3) is 10.9 Å². The Morgan fingerprint density at radius 2 is 2.29 bits per heavy atom. The molecule has 0 amide bonds. The van der Waals surface area contributed by atoms with E-state index in [9.17, 15) is 9.18 Å². The molecule has 1 aromatic heterocycles. The third kappa shape index (κ3) is 1.02. The van der Waals surface area contributed by atoms with Gasteiger partial charge in [-0.2, -0.15) is 0 Å². The van der Waals surface area contributed by atoms with Crippen molar-refractivity contribution in [1.82, 2.24) is 4.98 Å². The first-order chi connectivity index (χ1) is 6.61. The Balaban J connectivity index is 2.87. The number of fused-ring (bicyclic) bond motifs is 1. The van der Waals surface area contributed by atoms with Gasteiger partial charge in [0.25, 0.3) is 0 Å². The third-order valence-corrected chi connectivity index (χ3v) is 2.05. The summed E-state index contributed by atoms with van der Waals surface area (Å²) in [5.74, 6) is -2.22. The third-order valence-electron chi connectivity index (χ3n) is 2.05. The summed E-state index contributed by atoms with van der Waals surface area (Å²) in [6.07, 6.45) is 1.58. The van der Waals surface area contributed by atoms with Crippen molar-refractivity contribution in [2.75, 3.05) is 5.73 Å². The zero-order valence-corrected chi connectivity index (χ0v) is 7.04. The molecular formula is C9H7FN2O2. The number of rotatable bonds is 1. The van der Waals surface area contributed by atoms with Crippen LogP contribution in [0.4, 0.5) is 10.1 Å². The quantitative estimate of drug-likeness (QED) is 0.603. The normalized spacial score (nSPS) is 10.6. The molecule has 0 unspecified atom stereocenters. The Labute approximate surface area is 78.1 Å². The van der Waals surface area contributed by atoms with Crippen molar-refractivity contribution < 1.29 is 14.3 Å². The first-order valence-corrected chi connectivity index (χ1v) is 3.89. The Hall–Kier alpha value is -2.04. The van der Waals surface area contributed by atoms with Crippen molar-refractivity contribution in [1.29, 1.82) is 0 Å². The average molecular weight is 194 g/mol. The number of nitrogen functional groups attached to an aromatic ring is 1. The number of halogens is 1. The Kier molecular flexibility index (Phi) is 1.67. The molecule has 0 aliphatic rings. The van der Waals surface area contributed by atoms with Gasteiger partial charge in [0.2, 0.25) is 0 Å². The number of aromatic carboxylic acids is 1. The molecule has 0 radical (unpaired) electrons. The van der Waals surface area contributed by atoms with Crippen LogP contribution in [0.2, 0.25) is 0 Å². The number of aromatic amines is 1. The minimum Gasteiger partial charge on any atom is -0.478 e. The maximum absolute atomic E-state index is 13.3. The summed E-state index contributed by atoms with van der Waals surface area (Å²) in [5, 5.41) is 9.27. The molecule has 4 N–H and O–H groups in total. The molecule has 4 nitrogen and oxygen atoms in total. The first-order valence-electron chi connectivity index (χ1n) is 3.89. The van der Waals surface area contributed by atoms with Crippen LogP contribution in [0, 0.1) is 5.82 Å². The van der Waals surface area contributed by atoms with Crippen molar-refractivity contribution in [3.8, 4) is 0 Å². The molecule has 2 rings (SSSR count). The summed E-state index contributed by atoms with van der Waals surface area (Å²) in [6.45, 7) is 0. The Bertz CT molecular complexity index is 519. The molecule has 2 aromatic rings. The summed E-state index contributed by atoms with van der Waals surface area (Å²) in [5.41, 5.74) is 5.29. The number of anilines is 1. The topological polar surface area (TPSA) is 79.1 Å². The zero-order chi connectivity index (χ0) is 10.3. The van der Waals surface area contributed by atoms with Crippen LogP contribution in [-0.4, -0.2) is 16.1 Å². The van der Waals surface area contributed by atoms with E-state index in [-0.39, 0.29) is 5.69 Å². The van der Waals surface area contributed by atoms with Gasteiger partial charge in [0.05, 0.1) is 16.8 Å². The van der Waals surface area contributed by atoms with Crippen LogP contribution in [0.1, 0.15) is 10.4 Å². The largest absolute Gasteiger partial charge is 0.478 e. The van der Waals surface area contributed by atoms with Crippen molar-refractivity contribution >= 4 is 22.6 Å². The second-order valence-corrected chi connectivity index (χ2v) is 2.90. The Morgan fingerprint density at radius 3 is 2.93 bits per heavy atom. The maximum Gasteiger partial charge on any atom is 0.338 e. The zero-order valence-electron chi connectivity index (χ0n) is 7.04. The van der Waals surface area contributed by atoms with Crippen LogP contribution in [0.5, 0.6) is 0 Å². The molecule has 72 valence electrons. The van der Waals surface area contributed by atoms with E-state index >= 15 is 0 Å². The van der Waals surface area contributed by atoms with Crippen molar-refractivity contribution in [3.63, 3.8) is 0 Å². The lowest BCUT2D eigenvalue weighted by Crippen LogP contribution is -2.04. The van der Waals surface area contributed by atoms with Crippen LogP contribution in [0.3, 0.4) is 0 Å². The standard InChI is InChI=1S/C9H7FN2O2/c10-6-5(9(13)14)3-4-1-2-12-8(4)7(6)11/h1-3,12H,11H2,(H,13,14). The minimum atomic E-state index is -1.32. The van der Waals surface area contributed by atoms with Gasteiger partial charge in [0.1, 0.15) is 0 Å². The van der Waals surface area contributed by atoms with Gasteiger partial charge in [-0.25, -0.2) is 9.18 Å². The number of carboxylic acids is 1. The van der Waals surface area contributed by atoms with Gasteiger partial charge in [-0.3, -0.25) is 0 Å². The number of hydrogen-bond acceptors (Lipinski definition) is 2. The number of benzene rings is 1. The molecule has 0 bridgehead atoms. The molecule has 0 aliphatic carbocycles. The summed E-state index contributed by atoms with van der Waals surface area (Å²) >= 11 is 0. The number of nitrogens with one attached hydrogen (secondary N) is 1. The summed E-state index contributed by atoms with van der Waals surface area (Å²) in [7, 11) is 0. The van der Waals surface area contributed by atoms with Crippen molar-refractivity contribution in [2.45, 2.75) is 0 Å². The average Bonchev–Trinajstić information content (AvgIpc) is 2.58. The Morgan fingerprint density at radius 1 is 1.57 bits per heavy atom. The number of hydrogen-bond donors (Lipinski definition) is 3. The van der Waals surface area contributed by atoms with Crippen molar-refractivity contribution in [3.05, 3.63) is 29.7 Å². The molecular weight excluding hydrogens is 187 g/mol. The van der Waals surface area contributed by atoms with Crippen LogP contribution >= 0.6 is 0 Å². The number of carbonyl (C=O) groups is 1. The van der Waals surface area contributed by atoms with Gasteiger partial charge in [-0.1, -0.05) is 0 Å². The number of carboxylic acid groups (broad SMARTS) is 1. The molecule has 1 aromatic carbocycles. The van der Waals surface area contributed by atoms with Gasteiger partial charge in [-0.15, -0.1) is 0 Å². The SMILES string of the molecule is Nc1c(F)c(C(=O)O)cc2cc[nH]c12. The van der Waals surface area contributed by atoms with E-state index in [1.165, 1.54) is 6.07 Å².